The maximum absolute atomic E-state index is 5.81. The summed E-state index contributed by atoms with van der Waals surface area (Å²) >= 11 is 3.31. The first kappa shape index (κ1) is 13.6. The molecule has 2 atom stereocenters. The fourth-order valence-corrected chi connectivity index (χ4v) is 3.23. The van der Waals surface area contributed by atoms with Gasteiger partial charge in [-0.05, 0) is 13.3 Å². The third-order valence-corrected chi connectivity index (χ3v) is 4.63. The Morgan fingerprint density at radius 3 is 2.78 bits per heavy atom. The Kier molecular flexibility index (Phi) is 4.82. The molecule has 2 heterocycles. The van der Waals surface area contributed by atoms with Crippen LogP contribution in [0.25, 0.3) is 0 Å². The van der Waals surface area contributed by atoms with E-state index in [0.29, 0.717) is 6.04 Å². The number of aromatic nitrogens is 2. The molecule has 0 spiro atoms. The molecule has 0 amide bonds. The summed E-state index contributed by atoms with van der Waals surface area (Å²) < 4.78 is 0. The maximum atomic E-state index is 5.81. The van der Waals surface area contributed by atoms with Crippen molar-refractivity contribution in [2.75, 3.05) is 0 Å². The zero-order chi connectivity index (χ0) is 13.0. The number of nitrogens with two attached hydrogens (primary N) is 1. The van der Waals surface area contributed by atoms with Crippen molar-refractivity contribution in [1.29, 1.82) is 0 Å². The lowest BCUT2D eigenvalue weighted by Crippen LogP contribution is -2.20. The van der Waals surface area contributed by atoms with Gasteiger partial charge in [-0.25, -0.2) is 9.97 Å². The van der Waals surface area contributed by atoms with E-state index >= 15 is 0 Å². The molecule has 3 N–H and O–H groups in total. The largest absolute Gasteiger partial charge is 0.322 e. The van der Waals surface area contributed by atoms with Crippen LogP contribution in [0.2, 0.25) is 0 Å². The van der Waals surface area contributed by atoms with Gasteiger partial charge in [-0.15, -0.1) is 22.7 Å². The Labute approximate surface area is 115 Å². The summed E-state index contributed by atoms with van der Waals surface area (Å²) in [6, 6.07) is 0.329. The molecule has 6 heteroatoms. The van der Waals surface area contributed by atoms with Gasteiger partial charge in [-0.2, -0.15) is 0 Å². The standard InChI is InChI=1S/C12H18N4S2/c1-3-10(12-14-4-5-17-12)15-6-9-7-18-11(16-9)8(2)13/h4-5,7-8,10,15H,3,6,13H2,1-2H3. The van der Waals surface area contributed by atoms with Gasteiger partial charge in [0.25, 0.3) is 0 Å². The van der Waals surface area contributed by atoms with Crippen molar-refractivity contribution in [3.8, 4) is 0 Å². The Hall–Kier alpha value is -0.820. The summed E-state index contributed by atoms with van der Waals surface area (Å²) in [4.78, 5) is 8.86. The molecule has 0 aliphatic heterocycles. The molecule has 0 bridgehead atoms. The lowest BCUT2D eigenvalue weighted by molar-refractivity contribution is 0.512. The minimum absolute atomic E-state index is 0.0182. The van der Waals surface area contributed by atoms with Crippen molar-refractivity contribution in [3.63, 3.8) is 0 Å². The highest BCUT2D eigenvalue weighted by Crippen LogP contribution is 2.20. The lowest BCUT2D eigenvalue weighted by Gasteiger charge is -2.13. The summed E-state index contributed by atoms with van der Waals surface area (Å²) in [5, 5.41) is 9.71. The van der Waals surface area contributed by atoms with E-state index in [1.807, 2.05) is 18.5 Å². The molecule has 0 aliphatic rings. The van der Waals surface area contributed by atoms with Crippen LogP contribution >= 0.6 is 22.7 Å². The summed E-state index contributed by atoms with van der Waals surface area (Å²) in [5.74, 6) is 0. The molecule has 0 aromatic carbocycles. The second-order valence-corrected chi connectivity index (χ2v) is 5.99. The monoisotopic (exact) mass is 282 g/mol. The van der Waals surface area contributed by atoms with Gasteiger partial charge in [0.1, 0.15) is 10.0 Å². The predicted molar refractivity (Wildman–Crippen MR) is 76.7 cm³/mol. The number of nitrogens with one attached hydrogen (secondary N) is 1. The Morgan fingerprint density at radius 1 is 1.39 bits per heavy atom. The highest BCUT2D eigenvalue weighted by Gasteiger charge is 2.12. The number of thiazole rings is 2. The first-order valence-electron chi connectivity index (χ1n) is 6.03. The first-order valence-corrected chi connectivity index (χ1v) is 7.79. The molecule has 0 fully saturated rings. The molecule has 2 aromatic rings. The van der Waals surface area contributed by atoms with E-state index in [1.54, 1.807) is 22.7 Å². The molecule has 2 unspecified atom stereocenters. The van der Waals surface area contributed by atoms with Crippen LogP contribution in [0.15, 0.2) is 17.0 Å². The smallest absolute Gasteiger partial charge is 0.109 e. The van der Waals surface area contributed by atoms with E-state index in [2.05, 4.69) is 27.6 Å². The summed E-state index contributed by atoms with van der Waals surface area (Å²) in [5.41, 5.74) is 6.86. The van der Waals surface area contributed by atoms with Gasteiger partial charge < -0.3 is 11.1 Å². The fourth-order valence-electron chi connectivity index (χ4n) is 1.65. The Balaban J connectivity index is 1.93. The summed E-state index contributed by atoms with van der Waals surface area (Å²) in [7, 11) is 0. The molecule has 0 radical (unpaired) electrons. The average Bonchev–Trinajstić information content (AvgIpc) is 3.00. The molecule has 2 aromatic heterocycles. The van der Waals surface area contributed by atoms with Crippen molar-refractivity contribution >= 4 is 22.7 Å². The molecule has 0 saturated heterocycles. The zero-order valence-electron chi connectivity index (χ0n) is 10.6. The quantitative estimate of drug-likeness (QED) is 0.855. The van der Waals surface area contributed by atoms with Gasteiger partial charge in [0.2, 0.25) is 0 Å². The minimum Gasteiger partial charge on any atom is -0.322 e. The van der Waals surface area contributed by atoms with Crippen molar-refractivity contribution in [2.45, 2.75) is 38.9 Å². The first-order chi connectivity index (χ1) is 8.70. The van der Waals surface area contributed by atoms with Gasteiger partial charge >= 0.3 is 0 Å². The number of hydrogen-bond donors (Lipinski definition) is 2. The van der Waals surface area contributed by atoms with Crippen molar-refractivity contribution in [2.24, 2.45) is 5.73 Å². The van der Waals surface area contributed by atoms with Crippen LogP contribution in [-0.4, -0.2) is 9.97 Å². The highest BCUT2D eigenvalue weighted by molar-refractivity contribution is 7.10. The van der Waals surface area contributed by atoms with Crippen LogP contribution in [0.3, 0.4) is 0 Å². The third kappa shape index (κ3) is 3.35. The SMILES string of the molecule is CCC(NCc1csc(C(C)N)n1)c1nccs1. The molecule has 2 rings (SSSR count). The van der Waals surface area contributed by atoms with Gasteiger partial charge in [-0.1, -0.05) is 6.92 Å². The normalized spacial score (nSPS) is 14.6. The summed E-state index contributed by atoms with van der Waals surface area (Å²) in [6.45, 7) is 4.88. The molecule has 4 nitrogen and oxygen atoms in total. The predicted octanol–water partition coefficient (Wildman–Crippen LogP) is 2.86. The van der Waals surface area contributed by atoms with Gasteiger partial charge in [0.05, 0.1) is 17.8 Å². The minimum atomic E-state index is 0.0182. The molecule has 18 heavy (non-hydrogen) atoms. The van der Waals surface area contributed by atoms with E-state index < -0.39 is 0 Å². The lowest BCUT2D eigenvalue weighted by atomic mass is 10.2. The van der Waals surface area contributed by atoms with Crippen molar-refractivity contribution in [3.05, 3.63) is 32.7 Å². The second-order valence-electron chi connectivity index (χ2n) is 4.18. The number of nitrogens with zero attached hydrogens (tertiary/aromatic N) is 2. The molecule has 98 valence electrons. The van der Waals surface area contributed by atoms with Crippen molar-refractivity contribution in [1.82, 2.24) is 15.3 Å². The molecular weight excluding hydrogens is 264 g/mol. The van der Waals surface area contributed by atoms with Crippen LogP contribution in [0.4, 0.5) is 0 Å². The molecule has 0 saturated carbocycles. The van der Waals surface area contributed by atoms with E-state index in [0.717, 1.165) is 28.7 Å². The van der Waals surface area contributed by atoms with Crippen LogP contribution in [0.5, 0.6) is 0 Å². The highest BCUT2D eigenvalue weighted by atomic mass is 32.1. The van der Waals surface area contributed by atoms with E-state index in [4.69, 9.17) is 5.73 Å². The van der Waals surface area contributed by atoms with Gasteiger partial charge in [-0.3, -0.25) is 0 Å². The zero-order valence-corrected chi connectivity index (χ0v) is 12.2. The van der Waals surface area contributed by atoms with Gasteiger partial charge in [0, 0.05) is 23.5 Å². The van der Waals surface area contributed by atoms with Crippen LogP contribution < -0.4 is 11.1 Å². The number of rotatable bonds is 6. The van der Waals surface area contributed by atoms with E-state index in [1.165, 1.54) is 0 Å². The maximum Gasteiger partial charge on any atom is 0.109 e. The Morgan fingerprint density at radius 2 is 2.22 bits per heavy atom. The van der Waals surface area contributed by atoms with Gasteiger partial charge in [0.15, 0.2) is 0 Å². The van der Waals surface area contributed by atoms with Crippen LogP contribution in [0, 0.1) is 0 Å². The summed E-state index contributed by atoms with van der Waals surface area (Å²) in [6.07, 6.45) is 2.87. The third-order valence-electron chi connectivity index (χ3n) is 2.65. The topological polar surface area (TPSA) is 63.8 Å². The Bertz CT molecular complexity index is 464. The van der Waals surface area contributed by atoms with Crippen LogP contribution in [0.1, 0.15) is 48.1 Å². The van der Waals surface area contributed by atoms with E-state index in [-0.39, 0.29) is 6.04 Å². The second kappa shape index (κ2) is 6.38. The molecular formula is C12H18N4S2. The fraction of sp³-hybridized carbons (Fsp3) is 0.500. The van der Waals surface area contributed by atoms with E-state index in [9.17, 15) is 0 Å². The van der Waals surface area contributed by atoms with Crippen molar-refractivity contribution < 1.29 is 0 Å². The average molecular weight is 282 g/mol. The number of hydrogen-bond acceptors (Lipinski definition) is 6. The molecule has 0 aliphatic carbocycles. The van der Waals surface area contributed by atoms with Crippen LogP contribution in [-0.2, 0) is 6.54 Å².